The Morgan fingerprint density at radius 1 is 0.638 bits per heavy atom. The molecular formula is C44H73N11O13S. The van der Waals surface area contributed by atoms with Crippen LogP contribution in [0.5, 0.6) is 0 Å². The summed E-state index contributed by atoms with van der Waals surface area (Å²) in [6.45, 7) is 4.42. The molecule has 9 amide bonds. The van der Waals surface area contributed by atoms with Crippen LogP contribution in [0, 0.1) is 5.92 Å². The zero-order chi connectivity index (χ0) is 52.2. The van der Waals surface area contributed by atoms with Crippen molar-refractivity contribution in [3.63, 3.8) is 0 Å². The second-order valence-electron chi connectivity index (χ2n) is 16.6. The summed E-state index contributed by atoms with van der Waals surface area (Å²) in [5.41, 5.74) is 17.2. The number of nitrogens with two attached hydrogens (primary N) is 3. The third-order valence-electron chi connectivity index (χ3n) is 10.8. The standard InChI is InChI=1S/C44H73N11O13S/c1-6-24(2)35(54-37(61)25(3)46)43(67)51-31(20-27-12-8-7-9-13-27)40(64)49-29(15-16-34(47)60)38(62)52-33(23-58)42(66)53-32(22-57)41(65)50-30(17-19-69-5)39(63)55-36(26(4)59)44(68)48-28(21-56)14-10-11-18-45/h7-9,12-13,21,24-26,28-33,35-36,57-59H,6,10-11,14-20,22-23,45-46H2,1-5H3,(H2,47,60)(H,48,68)(H,49,64)(H,50,65)(H,51,67)(H,52,62)(H,53,66)(H,54,61)(H,55,63)/t24-,25-,26+,28-,29-,30-,31-,32-,33-,35-,36-/m0/s1. The van der Waals surface area contributed by atoms with Crippen molar-refractivity contribution in [3.8, 4) is 0 Å². The van der Waals surface area contributed by atoms with Crippen LogP contribution in [0.1, 0.15) is 78.2 Å². The smallest absolute Gasteiger partial charge is 0.245 e. The molecule has 0 fully saturated rings. The van der Waals surface area contributed by atoms with Crippen LogP contribution in [-0.4, -0.2) is 167 Å². The summed E-state index contributed by atoms with van der Waals surface area (Å²) >= 11 is 1.30. The van der Waals surface area contributed by atoms with Gasteiger partial charge in [0.05, 0.1) is 31.4 Å². The number of amides is 9. The molecule has 0 saturated heterocycles. The van der Waals surface area contributed by atoms with E-state index < -0.39 is 146 Å². The van der Waals surface area contributed by atoms with E-state index in [0.717, 1.165) is 0 Å². The quantitative estimate of drug-likeness (QED) is 0.0228. The fourth-order valence-corrected chi connectivity index (χ4v) is 6.93. The first-order chi connectivity index (χ1) is 32.7. The lowest BCUT2D eigenvalue weighted by atomic mass is 9.96. The first-order valence-electron chi connectivity index (χ1n) is 22.7. The highest BCUT2D eigenvalue weighted by Gasteiger charge is 2.36. The van der Waals surface area contributed by atoms with Crippen LogP contribution < -0.4 is 59.7 Å². The molecule has 0 aromatic heterocycles. The highest BCUT2D eigenvalue weighted by Crippen LogP contribution is 2.12. The van der Waals surface area contributed by atoms with Crippen LogP contribution in [0.4, 0.5) is 0 Å². The number of carbonyl (C=O) groups excluding carboxylic acids is 10. The van der Waals surface area contributed by atoms with Crippen LogP contribution in [-0.2, 0) is 54.4 Å². The molecule has 17 N–H and O–H groups in total. The molecule has 0 saturated carbocycles. The van der Waals surface area contributed by atoms with E-state index in [1.807, 2.05) is 0 Å². The van der Waals surface area contributed by atoms with Gasteiger partial charge in [0.25, 0.3) is 0 Å². The van der Waals surface area contributed by atoms with E-state index in [-0.39, 0.29) is 19.3 Å². The Balaban J connectivity index is 3.31. The van der Waals surface area contributed by atoms with E-state index in [1.54, 1.807) is 50.4 Å². The zero-order valence-electron chi connectivity index (χ0n) is 39.9. The summed E-state index contributed by atoms with van der Waals surface area (Å²) in [5.74, 6) is -8.42. The van der Waals surface area contributed by atoms with E-state index in [2.05, 4.69) is 42.5 Å². The van der Waals surface area contributed by atoms with Crippen molar-refractivity contribution in [1.29, 1.82) is 0 Å². The average Bonchev–Trinajstić information content (AvgIpc) is 3.31. The van der Waals surface area contributed by atoms with Crippen LogP contribution in [0.2, 0.25) is 0 Å². The minimum atomic E-state index is -1.83. The van der Waals surface area contributed by atoms with Crippen molar-refractivity contribution < 1.29 is 63.3 Å². The molecule has 0 unspecified atom stereocenters. The molecule has 1 rings (SSSR count). The van der Waals surface area contributed by atoms with Crippen molar-refractivity contribution >= 4 is 71.2 Å². The number of carbonyl (C=O) groups is 10. The van der Waals surface area contributed by atoms with Crippen LogP contribution in [0.25, 0.3) is 0 Å². The molecule has 0 aliphatic heterocycles. The number of unbranched alkanes of at least 4 members (excludes halogenated alkanes) is 1. The van der Waals surface area contributed by atoms with Crippen LogP contribution in [0.3, 0.4) is 0 Å². The highest BCUT2D eigenvalue weighted by molar-refractivity contribution is 7.98. The minimum Gasteiger partial charge on any atom is -0.394 e. The van der Waals surface area contributed by atoms with E-state index in [9.17, 15) is 63.3 Å². The Labute approximate surface area is 406 Å². The number of thioether (sulfide) groups is 1. The number of hydrogen-bond donors (Lipinski definition) is 14. The summed E-state index contributed by atoms with van der Waals surface area (Å²) in [4.78, 5) is 131. The molecule has 1 aromatic carbocycles. The lowest BCUT2D eigenvalue weighted by Gasteiger charge is -2.28. The molecule has 0 aliphatic carbocycles. The third-order valence-corrected chi connectivity index (χ3v) is 11.5. The number of aliphatic hydroxyl groups excluding tert-OH is 3. The second-order valence-corrected chi connectivity index (χ2v) is 17.6. The van der Waals surface area contributed by atoms with E-state index >= 15 is 0 Å². The number of aliphatic hydroxyl groups is 3. The van der Waals surface area contributed by atoms with Crippen LogP contribution in [0.15, 0.2) is 30.3 Å². The van der Waals surface area contributed by atoms with Gasteiger partial charge in [0.2, 0.25) is 53.2 Å². The maximum atomic E-state index is 14.0. The largest absolute Gasteiger partial charge is 0.394 e. The first kappa shape index (κ1) is 61.3. The summed E-state index contributed by atoms with van der Waals surface area (Å²) in [5, 5.41) is 50.1. The molecule has 0 aliphatic rings. The summed E-state index contributed by atoms with van der Waals surface area (Å²) in [7, 11) is 0. The molecular weight excluding hydrogens is 923 g/mol. The topological polar surface area (TPSA) is 406 Å². The van der Waals surface area contributed by atoms with Gasteiger partial charge >= 0.3 is 0 Å². The number of primary amides is 1. The lowest BCUT2D eigenvalue weighted by Crippen LogP contribution is -2.62. The number of hydrogen-bond acceptors (Lipinski definition) is 16. The second kappa shape index (κ2) is 32.9. The molecule has 0 spiro atoms. The van der Waals surface area contributed by atoms with E-state index in [1.165, 1.54) is 25.6 Å². The number of nitrogens with one attached hydrogen (secondary N) is 8. The Kier molecular flexibility index (Phi) is 29.2. The molecule has 25 heteroatoms. The monoisotopic (exact) mass is 996 g/mol. The lowest BCUT2D eigenvalue weighted by molar-refractivity contribution is -0.137. The minimum absolute atomic E-state index is 0.0266. The molecule has 1 aromatic rings. The Bertz CT molecular complexity index is 1850. The van der Waals surface area contributed by atoms with Gasteiger partial charge in [-0.3, -0.25) is 43.2 Å². The van der Waals surface area contributed by atoms with E-state index in [0.29, 0.717) is 43.4 Å². The normalized spacial score (nSPS) is 15.9. The zero-order valence-corrected chi connectivity index (χ0v) is 40.7. The fourth-order valence-electron chi connectivity index (χ4n) is 6.46. The molecule has 0 bridgehead atoms. The molecule has 0 radical (unpaired) electrons. The average molecular weight is 996 g/mol. The van der Waals surface area contributed by atoms with Gasteiger partial charge in [-0.15, -0.1) is 0 Å². The molecule has 0 heterocycles. The van der Waals surface area contributed by atoms with Gasteiger partial charge in [-0.05, 0) is 76.0 Å². The summed E-state index contributed by atoms with van der Waals surface area (Å²) in [6.07, 6.45) is 1.63. The maximum absolute atomic E-state index is 14.0. The molecule has 388 valence electrons. The SMILES string of the molecule is CC[C@H](C)[C@H](NC(=O)[C@H](C)N)C(=O)N[C@@H](Cc1ccccc1)C(=O)N[C@@H](CCC(N)=O)C(=O)N[C@@H](CO)C(=O)N[C@@H](CO)C(=O)N[C@@H](CCSC)C(=O)N[C@H](C(=O)N[C@H](C=O)CCCCN)[C@@H](C)O. The van der Waals surface area contributed by atoms with Crippen molar-refractivity contribution in [2.75, 3.05) is 31.8 Å². The molecule has 24 nitrogen and oxygen atoms in total. The number of aldehydes is 1. The number of benzene rings is 1. The molecule has 11 atom stereocenters. The number of rotatable bonds is 34. The fraction of sp³-hybridized carbons (Fsp3) is 0.636. The Hall–Kier alpha value is -5.73. The van der Waals surface area contributed by atoms with Gasteiger partial charge in [-0.1, -0.05) is 50.6 Å². The summed E-state index contributed by atoms with van der Waals surface area (Å²) < 4.78 is 0. The van der Waals surface area contributed by atoms with Gasteiger partial charge in [0.1, 0.15) is 48.6 Å². The summed E-state index contributed by atoms with van der Waals surface area (Å²) in [6, 6.07) is -4.02. The first-order valence-corrected chi connectivity index (χ1v) is 24.1. The van der Waals surface area contributed by atoms with Gasteiger partial charge in [-0.25, -0.2) is 0 Å². The van der Waals surface area contributed by atoms with Gasteiger partial charge < -0.3 is 79.8 Å². The van der Waals surface area contributed by atoms with Crippen LogP contribution >= 0.6 is 11.8 Å². The Morgan fingerprint density at radius 2 is 1.12 bits per heavy atom. The van der Waals surface area contributed by atoms with Crippen molar-refractivity contribution in [3.05, 3.63) is 35.9 Å². The third kappa shape index (κ3) is 22.5. The molecule has 69 heavy (non-hydrogen) atoms. The van der Waals surface area contributed by atoms with Crippen molar-refractivity contribution in [2.24, 2.45) is 23.1 Å². The van der Waals surface area contributed by atoms with Gasteiger partial charge in [0.15, 0.2) is 0 Å². The Morgan fingerprint density at radius 3 is 1.59 bits per heavy atom. The predicted molar refractivity (Wildman–Crippen MR) is 255 cm³/mol. The van der Waals surface area contributed by atoms with E-state index in [4.69, 9.17) is 17.2 Å². The predicted octanol–water partition coefficient (Wildman–Crippen LogP) is -4.79. The van der Waals surface area contributed by atoms with Crippen molar-refractivity contribution in [1.82, 2.24) is 42.5 Å². The highest BCUT2D eigenvalue weighted by atomic mass is 32.2. The van der Waals surface area contributed by atoms with Gasteiger partial charge in [-0.2, -0.15) is 11.8 Å². The van der Waals surface area contributed by atoms with Gasteiger partial charge in [0, 0.05) is 12.8 Å². The van der Waals surface area contributed by atoms with Crippen molar-refractivity contribution in [2.45, 2.75) is 140 Å². The maximum Gasteiger partial charge on any atom is 0.245 e.